The first-order valence-electron chi connectivity index (χ1n) is 5.78. The zero-order valence-corrected chi connectivity index (χ0v) is 10.1. The standard InChI is InChI=1S/C9H17NO3.C2H6/c1-2-9(11)13-8-5-10-3-6-12-7-4-10;1-2/h2-8H2,1H3;1-2H3. The molecule has 0 bridgehead atoms. The molecule has 1 aliphatic rings. The second-order valence-electron chi connectivity index (χ2n) is 3.03. The molecule has 0 radical (unpaired) electrons. The molecule has 0 saturated carbocycles. The van der Waals surface area contributed by atoms with Crippen LogP contribution in [0.4, 0.5) is 0 Å². The number of nitrogens with zero attached hydrogens (tertiary/aromatic N) is 1. The van der Waals surface area contributed by atoms with Gasteiger partial charge in [-0.15, -0.1) is 0 Å². The minimum atomic E-state index is -0.117. The van der Waals surface area contributed by atoms with Gasteiger partial charge in [0, 0.05) is 26.1 Å². The molecule has 4 nitrogen and oxygen atoms in total. The summed E-state index contributed by atoms with van der Waals surface area (Å²) in [6.45, 7) is 10.6. The van der Waals surface area contributed by atoms with Crippen LogP contribution in [-0.2, 0) is 14.3 Å². The average molecular weight is 217 g/mol. The van der Waals surface area contributed by atoms with E-state index in [2.05, 4.69) is 4.90 Å². The summed E-state index contributed by atoms with van der Waals surface area (Å²) in [6.07, 6.45) is 0.461. The third-order valence-electron chi connectivity index (χ3n) is 2.06. The predicted octanol–water partition coefficient (Wildman–Crippen LogP) is 1.30. The van der Waals surface area contributed by atoms with Gasteiger partial charge in [-0.05, 0) is 0 Å². The Morgan fingerprint density at radius 1 is 1.33 bits per heavy atom. The first kappa shape index (κ1) is 14.4. The largest absolute Gasteiger partial charge is 0.464 e. The fraction of sp³-hybridized carbons (Fsp3) is 0.909. The number of carbonyl (C=O) groups is 1. The zero-order chi connectivity index (χ0) is 11.5. The molecule has 0 aromatic heterocycles. The summed E-state index contributed by atoms with van der Waals surface area (Å²) >= 11 is 0. The van der Waals surface area contributed by atoms with Crippen LogP contribution in [0.3, 0.4) is 0 Å². The van der Waals surface area contributed by atoms with Crippen LogP contribution in [0.5, 0.6) is 0 Å². The molecule has 1 heterocycles. The van der Waals surface area contributed by atoms with E-state index in [0.717, 1.165) is 32.8 Å². The highest BCUT2D eigenvalue weighted by atomic mass is 16.5. The van der Waals surface area contributed by atoms with Crippen molar-refractivity contribution in [1.29, 1.82) is 0 Å². The third-order valence-corrected chi connectivity index (χ3v) is 2.06. The van der Waals surface area contributed by atoms with Crippen LogP contribution >= 0.6 is 0 Å². The van der Waals surface area contributed by atoms with Crippen LogP contribution in [0.1, 0.15) is 27.2 Å². The van der Waals surface area contributed by atoms with Crippen molar-refractivity contribution in [2.24, 2.45) is 0 Å². The SMILES string of the molecule is CC.CCC(=O)OCCN1CCOCC1. The van der Waals surface area contributed by atoms with Crippen LogP contribution in [0.15, 0.2) is 0 Å². The Hall–Kier alpha value is -0.610. The summed E-state index contributed by atoms with van der Waals surface area (Å²) < 4.78 is 10.2. The predicted molar refractivity (Wildman–Crippen MR) is 59.9 cm³/mol. The third kappa shape index (κ3) is 7.33. The van der Waals surface area contributed by atoms with Crippen molar-refractivity contribution in [3.8, 4) is 0 Å². The van der Waals surface area contributed by atoms with Crippen molar-refractivity contribution in [1.82, 2.24) is 4.90 Å². The van der Waals surface area contributed by atoms with Gasteiger partial charge in [0.2, 0.25) is 0 Å². The van der Waals surface area contributed by atoms with Crippen LogP contribution < -0.4 is 0 Å². The van der Waals surface area contributed by atoms with E-state index in [9.17, 15) is 4.79 Å². The number of carbonyl (C=O) groups excluding carboxylic acids is 1. The van der Waals surface area contributed by atoms with Crippen molar-refractivity contribution in [2.75, 3.05) is 39.5 Å². The van der Waals surface area contributed by atoms with E-state index in [1.807, 2.05) is 13.8 Å². The Morgan fingerprint density at radius 2 is 1.93 bits per heavy atom. The van der Waals surface area contributed by atoms with E-state index >= 15 is 0 Å². The zero-order valence-electron chi connectivity index (χ0n) is 10.1. The van der Waals surface area contributed by atoms with Gasteiger partial charge in [-0.3, -0.25) is 9.69 Å². The van der Waals surface area contributed by atoms with Gasteiger partial charge in [-0.1, -0.05) is 20.8 Å². The molecular formula is C11H23NO3. The lowest BCUT2D eigenvalue weighted by Gasteiger charge is -2.26. The number of ether oxygens (including phenoxy) is 2. The van der Waals surface area contributed by atoms with Crippen molar-refractivity contribution in [3.63, 3.8) is 0 Å². The van der Waals surface area contributed by atoms with Crippen LogP contribution in [-0.4, -0.2) is 50.3 Å². The van der Waals surface area contributed by atoms with Gasteiger partial charge in [0.15, 0.2) is 0 Å². The molecule has 0 atom stereocenters. The van der Waals surface area contributed by atoms with Gasteiger partial charge in [-0.2, -0.15) is 0 Å². The van der Waals surface area contributed by atoms with E-state index < -0.39 is 0 Å². The second-order valence-corrected chi connectivity index (χ2v) is 3.03. The molecule has 0 aromatic carbocycles. The molecule has 0 spiro atoms. The molecule has 1 fully saturated rings. The molecule has 4 heteroatoms. The van der Waals surface area contributed by atoms with Gasteiger partial charge >= 0.3 is 5.97 Å². The van der Waals surface area contributed by atoms with E-state index in [1.165, 1.54) is 0 Å². The van der Waals surface area contributed by atoms with E-state index in [0.29, 0.717) is 13.0 Å². The van der Waals surface area contributed by atoms with Gasteiger partial charge in [0.25, 0.3) is 0 Å². The first-order valence-corrected chi connectivity index (χ1v) is 5.78. The lowest BCUT2D eigenvalue weighted by atomic mass is 10.4. The Morgan fingerprint density at radius 3 is 2.47 bits per heavy atom. The number of morpholine rings is 1. The number of esters is 1. The molecule has 1 saturated heterocycles. The average Bonchev–Trinajstić information content (AvgIpc) is 2.33. The lowest BCUT2D eigenvalue weighted by molar-refractivity contribution is -0.143. The smallest absolute Gasteiger partial charge is 0.305 e. The number of rotatable bonds is 4. The molecular weight excluding hydrogens is 194 g/mol. The maximum atomic E-state index is 10.8. The maximum Gasteiger partial charge on any atom is 0.305 e. The van der Waals surface area contributed by atoms with Gasteiger partial charge in [0.1, 0.15) is 6.61 Å². The van der Waals surface area contributed by atoms with Crippen molar-refractivity contribution < 1.29 is 14.3 Å². The molecule has 0 aliphatic carbocycles. The Kier molecular flexibility index (Phi) is 9.52. The first-order chi connectivity index (χ1) is 7.33. The second kappa shape index (κ2) is 9.93. The highest BCUT2D eigenvalue weighted by molar-refractivity contribution is 5.68. The van der Waals surface area contributed by atoms with E-state index in [4.69, 9.17) is 9.47 Å². The van der Waals surface area contributed by atoms with E-state index in [-0.39, 0.29) is 5.97 Å². The number of hydrogen-bond acceptors (Lipinski definition) is 4. The highest BCUT2D eigenvalue weighted by Crippen LogP contribution is 1.96. The summed E-state index contributed by atoms with van der Waals surface area (Å²) in [5, 5.41) is 0. The van der Waals surface area contributed by atoms with E-state index in [1.54, 1.807) is 6.92 Å². The molecule has 0 aromatic rings. The molecule has 1 aliphatic heterocycles. The minimum absolute atomic E-state index is 0.117. The molecule has 15 heavy (non-hydrogen) atoms. The molecule has 0 N–H and O–H groups in total. The van der Waals surface area contributed by atoms with Gasteiger partial charge < -0.3 is 9.47 Å². The normalized spacial score (nSPS) is 16.5. The Bertz CT molecular complexity index is 156. The molecule has 0 amide bonds. The topological polar surface area (TPSA) is 38.8 Å². The van der Waals surface area contributed by atoms with Crippen LogP contribution in [0, 0.1) is 0 Å². The Balaban J connectivity index is 0.000000921. The van der Waals surface area contributed by atoms with Crippen LogP contribution in [0.25, 0.3) is 0 Å². The molecule has 1 rings (SSSR count). The van der Waals surface area contributed by atoms with Crippen molar-refractivity contribution >= 4 is 5.97 Å². The van der Waals surface area contributed by atoms with Gasteiger partial charge in [-0.25, -0.2) is 0 Å². The maximum absolute atomic E-state index is 10.8. The summed E-state index contributed by atoms with van der Waals surface area (Å²) in [7, 11) is 0. The van der Waals surface area contributed by atoms with Crippen LogP contribution in [0.2, 0.25) is 0 Å². The fourth-order valence-electron chi connectivity index (χ4n) is 1.22. The monoisotopic (exact) mass is 217 g/mol. The molecule has 0 unspecified atom stereocenters. The quantitative estimate of drug-likeness (QED) is 0.665. The summed E-state index contributed by atoms with van der Waals surface area (Å²) in [5.74, 6) is -0.117. The Labute approximate surface area is 92.5 Å². The fourth-order valence-corrected chi connectivity index (χ4v) is 1.22. The lowest BCUT2D eigenvalue weighted by Crippen LogP contribution is -2.38. The number of hydrogen-bond donors (Lipinski definition) is 0. The van der Waals surface area contributed by atoms with Gasteiger partial charge in [0.05, 0.1) is 13.2 Å². The summed E-state index contributed by atoms with van der Waals surface area (Å²) in [4.78, 5) is 13.0. The summed E-state index contributed by atoms with van der Waals surface area (Å²) in [6, 6.07) is 0. The highest BCUT2D eigenvalue weighted by Gasteiger charge is 2.09. The van der Waals surface area contributed by atoms with Crippen molar-refractivity contribution in [3.05, 3.63) is 0 Å². The minimum Gasteiger partial charge on any atom is -0.464 e. The molecule has 90 valence electrons. The summed E-state index contributed by atoms with van der Waals surface area (Å²) in [5.41, 5.74) is 0. The van der Waals surface area contributed by atoms with Crippen molar-refractivity contribution in [2.45, 2.75) is 27.2 Å².